The van der Waals surface area contributed by atoms with Gasteiger partial charge in [0.25, 0.3) is 0 Å². The van der Waals surface area contributed by atoms with Gasteiger partial charge in [0.2, 0.25) is 11.8 Å². The number of nitrogens with one attached hydrogen (secondary N) is 4. The van der Waals surface area contributed by atoms with Gasteiger partial charge in [0.05, 0.1) is 72.7 Å². The van der Waals surface area contributed by atoms with Crippen LogP contribution in [0.3, 0.4) is 0 Å². The molecule has 2 aromatic heterocycles. The third-order valence-electron chi connectivity index (χ3n) is 18.7. The van der Waals surface area contributed by atoms with Crippen molar-refractivity contribution in [3.8, 4) is 0 Å². The van der Waals surface area contributed by atoms with E-state index in [0.29, 0.717) is 87.0 Å². The Hall–Kier alpha value is -8.72. The van der Waals surface area contributed by atoms with Crippen LogP contribution in [0, 0.1) is 29.2 Å². The predicted octanol–water partition coefficient (Wildman–Crippen LogP) is 10.8. The molecule has 95 heavy (non-hydrogen) atoms. The van der Waals surface area contributed by atoms with Crippen molar-refractivity contribution in [2.45, 2.75) is 173 Å². The molecule has 4 fully saturated rings. The van der Waals surface area contributed by atoms with Crippen molar-refractivity contribution in [1.29, 1.82) is 0 Å². The van der Waals surface area contributed by atoms with Crippen LogP contribution in [0.4, 0.5) is 43.3 Å². The number of rotatable bonds is 20. The number of halogens is 4. The van der Waals surface area contributed by atoms with E-state index in [1.165, 1.54) is 68.2 Å². The van der Waals surface area contributed by atoms with Gasteiger partial charge in [-0.1, -0.05) is 32.0 Å². The zero-order valence-corrected chi connectivity index (χ0v) is 55.4. The first-order valence-electron chi connectivity index (χ1n) is 32.3. The second-order valence-corrected chi connectivity index (χ2v) is 26.2. The number of fused-ring (bicyclic) bond motifs is 2. The summed E-state index contributed by atoms with van der Waals surface area (Å²) in [7, 11) is 5.21. The molecule has 4 aliphatic rings. The van der Waals surface area contributed by atoms with Gasteiger partial charge >= 0.3 is 24.2 Å². The minimum absolute atomic E-state index is 0.0562. The maximum Gasteiger partial charge on any atom is 0.408 e. The molecule has 0 radical (unpaired) electrons. The number of aromatic nitrogens is 4. The molecule has 0 bridgehead atoms. The van der Waals surface area contributed by atoms with Crippen LogP contribution in [0.25, 0.3) is 22.1 Å². The molecule has 4 aromatic carbocycles. The monoisotopic (exact) mass is 1320 g/mol. The number of aromatic amines is 1. The molecule has 6 heterocycles. The minimum atomic E-state index is -1.21. The second kappa shape index (κ2) is 29.1. The Balaban J connectivity index is 1.04. The third-order valence-corrected chi connectivity index (χ3v) is 18.7. The number of esters is 1. The first kappa shape index (κ1) is 69.1. The average molecular weight is 1320 g/mol. The van der Waals surface area contributed by atoms with E-state index >= 15 is 13.2 Å². The van der Waals surface area contributed by atoms with Crippen LogP contribution >= 0.6 is 0 Å². The molecule has 5 amide bonds. The normalized spacial score (nSPS) is 20.2. The van der Waals surface area contributed by atoms with Gasteiger partial charge in [0.15, 0.2) is 18.4 Å². The summed E-state index contributed by atoms with van der Waals surface area (Å²) in [5.74, 6) is -4.20. The van der Waals surface area contributed by atoms with Gasteiger partial charge in [-0.25, -0.2) is 46.7 Å². The number of ether oxygens (including phenoxy) is 6. The van der Waals surface area contributed by atoms with Crippen molar-refractivity contribution in [2.75, 3.05) is 64.4 Å². The summed E-state index contributed by atoms with van der Waals surface area (Å²) in [6, 6.07) is 10.9. The van der Waals surface area contributed by atoms with Crippen molar-refractivity contribution >= 4 is 69.5 Å². The van der Waals surface area contributed by atoms with Crippen molar-refractivity contribution < 1.29 is 74.8 Å². The fourth-order valence-corrected chi connectivity index (χ4v) is 13.7. The number of amides is 5. The first-order valence-corrected chi connectivity index (χ1v) is 32.3. The summed E-state index contributed by atoms with van der Waals surface area (Å²) < 4.78 is 99.9. The fourth-order valence-electron chi connectivity index (χ4n) is 13.7. The maximum atomic E-state index is 17.9. The summed E-state index contributed by atoms with van der Waals surface area (Å²) in [4.78, 5) is 101. The zero-order chi connectivity index (χ0) is 68.3. The maximum absolute atomic E-state index is 17.9. The highest BCUT2D eigenvalue weighted by Gasteiger charge is 2.44. The molecule has 512 valence electrons. The van der Waals surface area contributed by atoms with Crippen LogP contribution in [-0.2, 0) is 49.5 Å². The smallest absolute Gasteiger partial charge is 0.408 e. The first-order chi connectivity index (χ1) is 45.3. The lowest BCUT2D eigenvalue weighted by molar-refractivity contribution is -0.151. The molecule has 27 heteroatoms. The van der Waals surface area contributed by atoms with Crippen LogP contribution in [0.5, 0.6) is 0 Å². The van der Waals surface area contributed by atoms with Gasteiger partial charge in [-0.3, -0.25) is 14.2 Å². The van der Waals surface area contributed by atoms with Crippen molar-refractivity contribution in [1.82, 2.24) is 45.3 Å². The number of alkyl carbamates (subject to hydrolysis) is 3. The Morgan fingerprint density at radius 3 is 1.76 bits per heavy atom. The van der Waals surface area contributed by atoms with Crippen molar-refractivity contribution in [3.63, 3.8) is 0 Å². The largest absolute Gasteiger partial charge is 0.453 e. The SMILES string of the molecule is COC(=O)N[C@H](C(=O)N1CCC[C@H]1c1nc2ccc([C@H]3CC[C@H](c4cc5nc([C@@H]6CCCN6C(=O)[C@@H](NC(=O)OC)[C@@H](C)OC)n(COC(=O)C(NC(=O)OC(C)(C)C)C(C)C)c5cc4F)N3c3cc(F)c(N4CCC(c5ccc(F)cc5)CC4)c(F)c3)cc2[nH]1)[C@@H](C)OC. The molecule has 4 N–H and O–H groups in total. The van der Waals surface area contributed by atoms with Gasteiger partial charge in [0, 0.05) is 57.7 Å². The molecule has 4 saturated heterocycles. The number of hydrogen-bond acceptors (Lipinski definition) is 16. The average Bonchev–Trinajstić information content (AvgIpc) is 1.62. The number of carbonyl (C=O) groups is 6. The standard InChI is InChI=1S/C68H85F4N11O12/c1-36(2)56(76-67(89)95-68(5,6)7)64(86)94-35-82-55-34-45(70)44(33-50(55)75-61(82)54-15-13-27-81(54)63(85)58(38(4)91-9)78-66(88)93-11)52-23-22-51(83(52)43-31-46(71)59(47(72)32-43)79-28-24-40(25-29-79)39-16-19-42(69)20-17-39)41-18-21-48-49(30-41)74-60(73-48)53-14-12-26-80(53)62(84)57(37(3)90-8)77-65(87)92-10/h16-21,30-34,36-38,40,51-54,56-58H,12-15,22-29,35H2,1-11H3,(H,73,74)(H,76,89)(H,77,87)(H,78,88)/t37-,38-,51-,52-,53+,54+,56?,57+,58+/m1/s1. The van der Waals surface area contributed by atoms with E-state index in [1.54, 1.807) is 76.5 Å². The van der Waals surface area contributed by atoms with Crippen LogP contribution in [0.2, 0.25) is 0 Å². The van der Waals surface area contributed by atoms with Crippen LogP contribution < -0.4 is 25.8 Å². The molecule has 10 rings (SSSR count). The number of piperidine rings is 1. The van der Waals surface area contributed by atoms with Gasteiger partial charge in [0.1, 0.15) is 52.7 Å². The molecular weight excluding hydrogens is 1240 g/mol. The Labute approximate surface area is 548 Å². The fraction of sp³-hybridized carbons (Fsp3) is 0.529. The zero-order valence-electron chi connectivity index (χ0n) is 55.4. The van der Waals surface area contributed by atoms with E-state index in [-0.39, 0.29) is 64.4 Å². The third kappa shape index (κ3) is 14.9. The Morgan fingerprint density at radius 2 is 1.18 bits per heavy atom. The lowest BCUT2D eigenvalue weighted by atomic mass is 9.89. The van der Waals surface area contributed by atoms with Gasteiger partial charge < -0.3 is 69.0 Å². The number of likely N-dealkylation sites (tertiary alicyclic amines) is 2. The number of nitrogens with zero attached hydrogens (tertiary/aromatic N) is 7. The van der Waals surface area contributed by atoms with E-state index in [2.05, 4.69) is 20.9 Å². The Morgan fingerprint density at radius 1 is 0.611 bits per heavy atom. The van der Waals surface area contributed by atoms with E-state index in [0.717, 1.165) is 5.56 Å². The summed E-state index contributed by atoms with van der Waals surface area (Å²) in [5.41, 5.74) is 2.36. The quantitative estimate of drug-likeness (QED) is 0.0315. The summed E-state index contributed by atoms with van der Waals surface area (Å²) in [5, 5.41) is 7.81. The molecule has 1 unspecified atom stereocenters. The number of carbonyl (C=O) groups excluding carboxylic acids is 6. The molecular formula is C68H85F4N11O12. The number of imidazole rings is 2. The summed E-state index contributed by atoms with van der Waals surface area (Å²) in [6.07, 6.45) is -0.234. The Kier molecular flexibility index (Phi) is 21.2. The molecule has 4 aliphatic heterocycles. The second-order valence-electron chi connectivity index (χ2n) is 26.2. The highest BCUT2D eigenvalue weighted by atomic mass is 19.1. The molecule has 0 spiro atoms. The molecule has 23 nitrogen and oxygen atoms in total. The topological polar surface area (TPSA) is 253 Å². The summed E-state index contributed by atoms with van der Waals surface area (Å²) >= 11 is 0. The van der Waals surface area contributed by atoms with E-state index in [1.807, 2.05) is 23.1 Å². The highest BCUT2D eigenvalue weighted by molar-refractivity contribution is 5.88. The Bertz CT molecular complexity index is 3780. The van der Waals surface area contributed by atoms with E-state index < -0.39 is 120 Å². The molecule has 6 aromatic rings. The number of H-pyrrole nitrogens is 1. The molecule has 0 saturated carbocycles. The van der Waals surface area contributed by atoms with Crippen molar-refractivity contribution in [3.05, 3.63) is 118 Å². The van der Waals surface area contributed by atoms with Gasteiger partial charge in [-0.2, -0.15) is 0 Å². The van der Waals surface area contributed by atoms with Crippen LogP contribution in [-0.4, -0.2) is 156 Å². The number of benzene rings is 4. The highest BCUT2D eigenvalue weighted by Crippen LogP contribution is 2.50. The number of methoxy groups -OCH3 is 4. The van der Waals surface area contributed by atoms with Crippen LogP contribution in [0.15, 0.2) is 66.7 Å². The van der Waals surface area contributed by atoms with Crippen molar-refractivity contribution in [2.24, 2.45) is 5.92 Å². The molecule has 0 aliphatic carbocycles. The predicted molar refractivity (Wildman–Crippen MR) is 343 cm³/mol. The molecule has 9 atom stereocenters. The lowest BCUT2D eigenvalue weighted by Crippen LogP contribution is -2.54. The number of anilines is 2. The summed E-state index contributed by atoms with van der Waals surface area (Å²) in [6.45, 7) is 12.4. The van der Waals surface area contributed by atoms with Gasteiger partial charge in [-0.15, -0.1) is 0 Å². The van der Waals surface area contributed by atoms with E-state index in [4.69, 9.17) is 38.4 Å². The lowest BCUT2D eigenvalue weighted by Gasteiger charge is -2.36. The minimum Gasteiger partial charge on any atom is -0.453 e. The van der Waals surface area contributed by atoms with Crippen LogP contribution in [0.1, 0.15) is 158 Å². The van der Waals surface area contributed by atoms with Gasteiger partial charge in [-0.05, 0) is 151 Å². The number of hydrogen-bond donors (Lipinski definition) is 4. The van der Waals surface area contributed by atoms with E-state index in [9.17, 15) is 33.2 Å².